The smallest absolute Gasteiger partial charge is 0.270 e. The van der Waals surface area contributed by atoms with Crippen molar-refractivity contribution >= 4 is 40.2 Å². The lowest BCUT2D eigenvalue weighted by molar-refractivity contribution is 0.0893. The van der Waals surface area contributed by atoms with Crippen LogP contribution in [-0.4, -0.2) is 31.0 Å². The molecule has 2 amide bonds. The molecule has 0 unspecified atom stereocenters. The number of methoxy groups -OCH3 is 2. The molecular formula is C24H23IN2O4. The summed E-state index contributed by atoms with van der Waals surface area (Å²) in [4.78, 5) is 33.0. The Morgan fingerprint density at radius 3 is 1.74 bits per heavy atom. The second-order valence-electron chi connectivity index (χ2n) is 7.05. The molecule has 31 heavy (non-hydrogen) atoms. The van der Waals surface area contributed by atoms with E-state index in [1.165, 1.54) is 14.2 Å². The molecule has 0 aliphatic carbocycles. The Morgan fingerprint density at radius 1 is 0.839 bits per heavy atom. The summed E-state index contributed by atoms with van der Waals surface area (Å²) in [6, 6.07) is 12.4. The maximum Gasteiger partial charge on any atom is 0.270 e. The number of anilines is 1. The molecule has 0 spiro atoms. The lowest BCUT2D eigenvalue weighted by Crippen LogP contribution is -2.38. The fraction of sp³-hybridized carbons (Fsp3) is 0.208. The minimum absolute atomic E-state index is 0.266. The van der Waals surface area contributed by atoms with Crippen LogP contribution in [0.2, 0.25) is 0 Å². The van der Waals surface area contributed by atoms with Crippen molar-refractivity contribution in [3.05, 3.63) is 80.0 Å². The molecule has 6 nitrogen and oxygen atoms in total. The highest BCUT2D eigenvalue weighted by atomic mass is 127. The number of hydrogen-bond donors (Lipinski definition) is 0. The SMILES string of the molecule is COc1c(C)cccc1C(=O)N(C(=O)c1cccc(C)c1OC)c1ncc(I)cc1C. The molecule has 0 bridgehead atoms. The van der Waals surface area contributed by atoms with Crippen LogP contribution in [-0.2, 0) is 0 Å². The largest absolute Gasteiger partial charge is 0.496 e. The number of amides is 2. The van der Waals surface area contributed by atoms with Gasteiger partial charge in [-0.3, -0.25) is 9.59 Å². The van der Waals surface area contributed by atoms with Crippen molar-refractivity contribution in [3.63, 3.8) is 0 Å². The van der Waals surface area contributed by atoms with Crippen LogP contribution in [0.1, 0.15) is 37.4 Å². The van der Waals surface area contributed by atoms with Crippen molar-refractivity contribution in [1.82, 2.24) is 4.98 Å². The molecule has 0 saturated heterocycles. The zero-order chi connectivity index (χ0) is 22.7. The van der Waals surface area contributed by atoms with Crippen molar-refractivity contribution in [3.8, 4) is 11.5 Å². The number of para-hydroxylation sites is 2. The molecule has 0 saturated carbocycles. The summed E-state index contributed by atoms with van der Waals surface area (Å²) < 4.78 is 11.9. The normalized spacial score (nSPS) is 10.5. The molecule has 7 heteroatoms. The molecule has 1 aromatic heterocycles. The predicted octanol–water partition coefficient (Wildman–Crippen LogP) is 5.12. The van der Waals surface area contributed by atoms with E-state index in [1.807, 2.05) is 39.0 Å². The zero-order valence-corrected chi connectivity index (χ0v) is 20.2. The van der Waals surface area contributed by atoms with Crippen LogP contribution in [0, 0.1) is 24.3 Å². The van der Waals surface area contributed by atoms with Crippen molar-refractivity contribution in [2.45, 2.75) is 20.8 Å². The fourth-order valence-corrected chi connectivity index (χ4v) is 4.08. The molecule has 3 rings (SSSR count). The highest BCUT2D eigenvalue weighted by molar-refractivity contribution is 14.1. The Bertz CT molecular complexity index is 1090. The third kappa shape index (κ3) is 4.41. The highest BCUT2D eigenvalue weighted by Gasteiger charge is 2.32. The Kier molecular flexibility index (Phi) is 6.94. The number of carbonyl (C=O) groups excluding carboxylic acids is 2. The molecule has 2 aromatic carbocycles. The minimum atomic E-state index is -0.522. The summed E-state index contributed by atoms with van der Waals surface area (Å²) >= 11 is 2.14. The van der Waals surface area contributed by atoms with Gasteiger partial charge < -0.3 is 9.47 Å². The number of hydrogen-bond acceptors (Lipinski definition) is 5. The van der Waals surface area contributed by atoms with E-state index >= 15 is 0 Å². The van der Waals surface area contributed by atoms with E-state index in [1.54, 1.807) is 30.5 Å². The second kappa shape index (κ2) is 9.47. The van der Waals surface area contributed by atoms with Crippen LogP contribution >= 0.6 is 22.6 Å². The van der Waals surface area contributed by atoms with E-state index in [9.17, 15) is 9.59 Å². The first kappa shape index (κ1) is 22.7. The van der Waals surface area contributed by atoms with Crippen LogP contribution in [0.3, 0.4) is 0 Å². The molecule has 0 atom stereocenters. The quantitative estimate of drug-likeness (QED) is 0.339. The van der Waals surface area contributed by atoms with Crippen molar-refractivity contribution in [2.24, 2.45) is 0 Å². The number of halogens is 1. The van der Waals surface area contributed by atoms with Crippen LogP contribution < -0.4 is 14.4 Å². The van der Waals surface area contributed by atoms with Crippen LogP contribution in [0.4, 0.5) is 5.82 Å². The first-order chi connectivity index (χ1) is 14.8. The number of imide groups is 1. The number of carbonyl (C=O) groups is 2. The maximum atomic E-state index is 13.8. The van der Waals surface area contributed by atoms with Gasteiger partial charge in [-0.2, -0.15) is 0 Å². The number of benzene rings is 2. The molecule has 0 fully saturated rings. The summed E-state index contributed by atoms with van der Waals surface area (Å²) in [7, 11) is 3.01. The van der Waals surface area contributed by atoms with Gasteiger partial charge >= 0.3 is 0 Å². The highest BCUT2D eigenvalue weighted by Crippen LogP contribution is 2.31. The third-order valence-corrected chi connectivity index (χ3v) is 5.52. The van der Waals surface area contributed by atoms with E-state index in [4.69, 9.17) is 9.47 Å². The summed E-state index contributed by atoms with van der Waals surface area (Å²) in [5.74, 6) is 0.0636. The van der Waals surface area contributed by atoms with Crippen molar-refractivity contribution < 1.29 is 19.1 Å². The fourth-order valence-electron chi connectivity index (χ4n) is 3.48. The van der Waals surface area contributed by atoms with Gasteiger partial charge in [0.1, 0.15) is 17.3 Å². The van der Waals surface area contributed by atoms with Gasteiger partial charge in [-0.05, 0) is 78.3 Å². The third-order valence-electron chi connectivity index (χ3n) is 4.93. The van der Waals surface area contributed by atoms with Crippen LogP contribution in [0.25, 0.3) is 0 Å². The molecular weight excluding hydrogens is 507 g/mol. The predicted molar refractivity (Wildman–Crippen MR) is 128 cm³/mol. The van der Waals surface area contributed by atoms with Gasteiger partial charge in [-0.15, -0.1) is 0 Å². The van der Waals surface area contributed by atoms with Crippen LogP contribution in [0.15, 0.2) is 48.7 Å². The van der Waals surface area contributed by atoms with E-state index in [0.29, 0.717) is 17.1 Å². The van der Waals surface area contributed by atoms with E-state index in [0.717, 1.165) is 19.6 Å². The van der Waals surface area contributed by atoms with E-state index < -0.39 is 11.8 Å². The Balaban J connectivity index is 2.24. The average molecular weight is 530 g/mol. The lowest BCUT2D eigenvalue weighted by Gasteiger charge is -2.24. The summed E-state index contributed by atoms with van der Waals surface area (Å²) in [5.41, 5.74) is 2.85. The van der Waals surface area contributed by atoms with Gasteiger partial charge in [0.2, 0.25) is 0 Å². The first-order valence-electron chi connectivity index (χ1n) is 9.58. The van der Waals surface area contributed by atoms with Gasteiger partial charge in [-0.1, -0.05) is 24.3 Å². The van der Waals surface area contributed by atoms with E-state index in [2.05, 4.69) is 27.6 Å². The molecule has 0 aliphatic rings. The van der Waals surface area contributed by atoms with Gasteiger partial charge in [0.15, 0.2) is 0 Å². The molecule has 160 valence electrons. The zero-order valence-electron chi connectivity index (χ0n) is 18.0. The summed E-state index contributed by atoms with van der Waals surface area (Å²) in [6.45, 7) is 5.51. The first-order valence-corrected chi connectivity index (χ1v) is 10.7. The Hall–Kier alpha value is -2.94. The summed E-state index contributed by atoms with van der Waals surface area (Å²) in [6.07, 6.45) is 1.62. The Labute approximate surface area is 195 Å². The molecule has 0 radical (unpaired) electrons. The molecule has 0 aliphatic heterocycles. The number of aromatic nitrogens is 1. The number of pyridine rings is 1. The molecule has 3 aromatic rings. The molecule has 1 heterocycles. The number of rotatable bonds is 5. The number of aryl methyl sites for hydroxylation is 3. The standard InChI is InChI=1S/C24H23IN2O4/c1-14-8-6-10-18(20(14)30-4)23(28)27(22-16(3)12-17(25)13-26-22)24(29)19-11-7-9-15(2)21(19)31-5/h6-13H,1-5H3. The van der Waals surface area contributed by atoms with Crippen molar-refractivity contribution in [2.75, 3.05) is 19.1 Å². The number of ether oxygens (including phenoxy) is 2. The van der Waals surface area contributed by atoms with Gasteiger partial charge in [0.25, 0.3) is 11.8 Å². The van der Waals surface area contributed by atoms with Gasteiger partial charge in [-0.25, -0.2) is 9.88 Å². The Morgan fingerprint density at radius 2 is 1.32 bits per heavy atom. The second-order valence-corrected chi connectivity index (χ2v) is 8.30. The minimum Gasteiger partial charge on any atom is -0.496 e. The van der Waals surface area contributed by atoms with Gasteiger partial charge in [0, 0.05) is 9.77 Å². The topological polar surface area (TPSA) is 68.7 Å². The lowest BCUT2D eigenvalue weighted by atomic mass is 10.1. The summed E-state index contributed by atoms with van der Waals surface area (Å²) in [5, 5.41) is 0. The molecule has 0 N–H and O–H groups in total. The monoisotopic (exact) mass is 530 g/mol. The van der Waals surface area contributed by atoms with E-state index in [-0.39, 0.29) is 16.9 Å². The average Bonchev–Trinajstić information content (AvgIpc) is 2.74. The number of nitrogens with zero attached hydrogens (tertiary/aromatic N) is 2. The van der Waals surface area contributed by atoms with Crippen molar-refractivity contribution in [1.29, 1.82) is 0 Å². The maximum absolute atomic E-state index is 13.8. The van der Waals surface area contributed by atoms with Gasteiger partial charge in [0.05, 0.1) is 25.3 Å². The van der Waals surface area contributed by atoms with Crippen LogP contribution in [0.5, 0.6) is 11.5 Å².